The molecule has 2 atom stereocenters. The molecule has 1 rings (SSSR count). The third-order valence-corrected chi connectivity index (χ3v) is 5.76. The van der Waals surface area contributed by atoms with E-state index in [2.05, 4.69) is 30.8 Å². The first-order valence-corrected chi connectivity index (χ1v) is 9.82. The van der Waals surface area contributed by atoms with Crippen LogP contribution in [0, 0.1) is 11.8 Å². The van der Waals surface area contributed by atoms with Gasteiger partial charge in [-0.15, -0.1) is 0 Å². The average Bonchev–Trinajstić information content (AvgIpc) is 2.38. The lowest BCUT2D eigenvalue weighted by molar-refractivity contribution is 0.226. The fourth-order valence-corrected chi connectivity index (χ4v) is 4.57. The highest BCUT2D eigenvalue weighted by atomic mass is 32.2. The van der Waals surface area contributed by atoms with Crippen molar-refractivity contribution >= 4 is 10.0 Å². The maximum atomic E-state index is 12.2. The van der Waals surface area contributed by atoms with Gasteiger partial charge in [0.1, 0.15) is 0 Å². The lowest BCUT2D eigenvalue weighted by Crippen LogP contribution is -2.44. The first-order valence-electron chi connectivity index (χ1n) is 8.17. The van der Waals surface area contributed by atoms with Crippen LogP contribution in [0.2, 0.25) is 0 Å². The minimum Gasteiger partial charge on any atom is -0.317 e. The number of rotatable bonds is 9. The van der Waals surface area contributed by atoms with Gasteiger partial charge in [-0.05, 0) is 50.6 Å². The van der Waals surface area contributed by atoms with E-state index in [1.54, 1.807) is 0 Å². The summed E-state index contributed by atoms with van der Waals surface area (Å²) in [5, 5.41) is 3.22. The van der Waals surface area contributed by atoms with Crippen molar-refractivity contribution in [2.45, 2.75) is 65.3 Å². The first kappa shape index (κ1) is 17.9. The molecule has 1 saturated carbocycles. The second-order valence-electron chi connectivity index (χ2n) is 6.30. The Kier molecular flexibility index (Phi) is 8.07. The average molecular weight is 304 g/mol. The van der Waals surface area contributed by atoms with Gasteiger partial charge in [0, 0.05) is 6.04 Å². The number of sulfonamides is 1. The first-order chi connectivity index (χ1) is 9.46. The minimum atomic E-state index is -3.11. The van der Waals surface area contributed by atoms with E-state index in [4.69, 9.17) is 0 Å². The minimum absolute atomic E-state index is 0.155. The molecule has 0 heterocycles. The van der Waals surface area contributed by atoms with Gasteiger partial charge < -0.3 is 5.32 Å². The number of hydrogen-bond donors (Lipinski definition) is 2. The Balaban J connectivity index is 2.39. The van der Waals surface area contributed by atoms with Gasteiger partial charge in [0.25, 0.3) is 0 Å². The largest absolute Gasteiger partial charge is 0.317 e. The zero-order valence-corrected chi connectivity index (χ0v) is 14.1. The predicted molar refractivity (Wildman–Crippen MR) is 85.3 cm³/mol. The second kappa shape index (κ2) is 9.00. The van der Waals surface area contributed by atoms with E-state index in [0.29, 0.717) is 11.8 Å². The van der Waals surface area contributed by atoms with E-state index in [9.17, 15) is 8.42 Å². The molecule has 1 fully saturated rings. The smallest absolute Gasteiger partial charge is 0.211 e. The van der Waals surface area contributed by atoms with Crippen LogP contribution < -0.4 is 10.0 Å². The molecule has 0 aromatic carbocycles. The second-order valence-corrected chi connectivity index (χ2v) is 8.17. The summed E-state index contributed by atoms with van der Waals surface area (Å²) in [5.41, 5.74) is 0. The molecule has 1 aliphatic rings. The van der Waals surface area contributed by atoms with Gasteiger partial charge in [0.15, 0.2) is 0 Å². The van der Waals surface area contributed by atoms with E-state index in [-0.39, 0.29) is 11.8 Å². The van der Waals surface area contributed by atoms with Gasteiger partial charge in [0.2, 0.25) is 10.0 Å². The third-order valence-electron chi connectivity index (χ3n) is 4.27. The molecule has 0 aliphatic heterocycles. The van der Waals surface area contributed by atoms with Crippen molar-refractivity contribution < 1.29 is 8.42 Å². The van der Waals surface area contributed by atoms with Gasteiger partial charge in [-0.25, -0.2) is 13.1 Å². The zero-order valence-electron chi connectivity index (χ0n) is 13.3. The summed E-state index contributed by atoms with van der Waals surface area (Å²) in [6.07, 6.45) is 6.21. The highest BCUT2D eigenvalue weighted by Gasteiger charge is 2.30. The van der Waals surface area contributed by atoms with Crippen molar-refractivity contribution in [3.05, 3.63) is 0 Å². The molecule has 5 heteroatoms. The van der Waals surface area contributed by atoms with Gasteiger partial charge in [-0.3, -0.25) is 0 Å². The molecule has 4 nitrogen and oxygen atoms in total. The van der Waals surface area contributed by atoms with Gasteiger partial charge in [0.05, 0.1) is 5.75 Å². The lowest BCUT2D eigenvalue weighted by atomic mass is 9.78. The maximum absolute atomic E-state index is 12.2. The highest BCUT2D eigenvalue weighted by molar-refractivity contribution is 7.89. The summed E-state index contributed by atoms with van der Waals surface area (Å²) in [7, 11) is -3.11. The molecule has 20 heavy (non-hydrogen) atoms. The van der Waals surface area contributed by atoms with Crippen molar-refractivity contribution in [2.75, 3.05) is 18.8 Å². The Morgan fingerprint density at radius 2 is 1.85 bits per heavy atom. The van der Waals surface area contributed by atoms with Gasteiger partial charge >= 0.3 is 0 Å². The van der Waals surface area contributed by atoms with Crippen molar-refractivity contribution in [1.29, 1.82) is 0 Å². The Bertz CT molecular complexity index is 355. The van der Waals surface area contributed by atoms with Crippen LogP contribution >= 0.6 is 0 Å². The predicted octanol–water partition coefficient (Wildman–Crippen LogP) is 2.51. The molecule has 120 valence electrons. The molecule has 0 radical (unpaired) electrons. The van der Waals surface area contributed by atoms with Crippen LogP contribution in [0.3, 0.4) is 0 Å². The summed E-state index contributed by atoms with van der Waals surface area (Å²) >= 11 is 0. The summed E-state index contributed by atoms with van der Waals surface area (Å²) in [4.78, 5) is 0. The van der Waals surface area contributed by atoms with Crippen LogP contribution in [0.15, 0.2) is 0 Å². The lowest BCUT2D eigenvalue weighted by Gasteiger charge is -2.34. The van der Waals surface area contributed by atoms with Crippen LogP contribution in [0.1, 0.15) is 59.3 Å². The van der Waals surface area contributed by atoms with Crippen LogP contribution in [-0.4, -0.2) is 33.3 Å². The van der Waals surface area contributed by atoms with E-state index >= 15 is 0 Å². The van der Waals surface area contributed by atoms with Crippen molar-refractivity contribution in [3.63, 3.8) is 0 Å². The monoisotopic (exact) mass is 304 g/mol. The number of hydrogen-bond acceptors (Lipinski definition) is 3. The molecule has 0 aromatic rings. The van der Waals surface area contributed by atoms with E-state index in [0.717, 1.165) is 45.2 Å². The summed E-state index contributed by atoms with van der Waals surface area (Å²) < 4.78 is 27.3. The quantitative estimate of drug-likeness (QED) is 0.644. The SMILES string of the molecule is CCNCCCCS(=O)(=O)NC1CCCCC1C(C)C. The Morgan fingerprint density at radius 1 is 1.15 bits per heavy atom. The molecule has 0 bridgehead atoms. The molecule has 2 unspecified atom stereocenters. The molecule has 0 aromatic heterocycles. The Morgan fingerprint density at radius 3 is 2.50 bits per heavy atom. The summed E-state index contributed by atoms with van der Waals surface area (Å²) in [5.74, 6) is 1.32. The fourth-order valence-electron chi connectivity index (χ4n) is 3.11. The zero-order chi connectivity index (χ0) is 15.0. The van der Waals surface area contributed by atoms with Gasteiger partial charge in [-0.2, -0.15) is 0 Å². The normalized spacial score (nSPS) is 24.2. The number of unbranched alkanes of at least 4 members (excludes halogenated alkanes) is 1. The summed E-state index contributed by atoms with van der Waals surface area (Å²) in [6, 6.07) is 0.155. The molecule has 0 saturated heterocycles. The van der Waals surface area contributed by atoms with Crippen molar-refractivity contribution in [1.82, 2.24) is 10.0 Å². The highest BCUT2D eigenvalue weighted by Crippen LogP contribution is 2.30. The van der Waals surface area contributed by atoms with E-state index in [1.165, 1.54) is 6.42 Å². The molecule has 1 aliphatic carbocycles. The van der Waals surface area contributed by atoms with E-state index in [1.807, 2.05) is 0 Å². The van der Waals surface area contributed by atoms with Gasteiger partial charge in [-0.1, -0.05) is 33.6 Å². The molecular weight excluding hydrogens is 272 g/mol. The van der Waals surface area contributed by atoms with Crippen molar-refractivity contribution in [2.24, 2.45) is 11.8 Å². The molecule has 2 N–H and O–H groups in total. The molecule has 0 spiro atoms. The van der Waals surface area contributed by atoms with Crippen LogP contribution in [0.5, 0.6) is 0 Å². The van der Waals surface area contributed by atoms with Crippen LogP contribution in [0.4, 0.5) is 0 Å². The molecular formula is C15H32N2O2S. The Labute approximate surface area is 125 Å². The van der Waals surface area contributed by atoms with E-state index < -0.39 is 10.0 Å². The maximum Gasteiger partial charge on any atom is 0.211 e. The van der Waals surface area contributed by atoms with Crippen LogP contribution in [-0.2, 0) is 10.0 Å². The third kappa shape index (κ3) is 6.55. The summed E-state index contributed by atoms with van der Waals surface area (Å²) in [6.45, 7) is 8.32. The fraction of sp³-hybridized carbons (Fsp3) is 1.00. The van der Waals surface area contributed by atoms with Crippen molar-refractivity contribution in [3.8, 4) is 0 Å². The Hall–Kier alpha value is -0.130. The topological polar surface area (TPSA) is 58.2 Å². The standard InChI is InChI=1S/C15H32N2O2S/c1-4-16-11-7-8-12-20(18,19)17-15-10-6-5-9-14(15)13(2)3/h13-17H,4-12H2,1-3H3. The molecule has 0 amide bonds. The number of nitrogens with one attached hydrogen (secondary N) is 2. The van der Waals surface area contributed by atoms with Crippen LogP contribution in [0.25, 0.3) is 0 Å².